The quantitative estimate of drug-likeness (QED) is 0.882. The average Bonchev–Trinajstić information content (AvgIpc) is 3.01. The third-order valence-corrected chi connectivity index (χ3v) is 6.87. The number of likely N-dealkylation sites (tertiary alicyclic amines) is 1. The van der Waals surface area contributed by atoms with Crippen LogP contribution in [-0.4, -0.2) is 34.1 Å². The normalized spacial score (nSPS) is 25.8. The first-order valence-corrected chi connectivity index (χ1v) is 10.2. The van der Waals surface area contributed by atoms with Gasteiger partial charge in [-0.3, -0.25) is 4.79 Å². The van der Waals surface area contributed by atoms with Crippen LogP contribution in [0.1, 0.15) is 54.8 Å². The number of carbonyl (C=O) groups is 1. The van der Waals surface area contributed by atoms with Gasteiger partial charge in [0, 0.05) is 17.0 Å². The zero-order valence-corrected chi connectivity index (χ0v) is 15.9. The number of hydrogen-bond donors (Lipinski definition) is 1. The van der Waals surface area contributed by atoms with Gasteiger partial charge in [-0.25, -0.2) is 0 Å². The standard InChI is InChI=1S/C20H25N3O2S/c1-14-18(26-15-8-3-2-4-9-15)17(25-22-14)19(24)23-13-7-12-20(21)11-6-5-10-16(20)23/h2-4,8-9,16H,5-7,10-13,21H2,1H3/t16-,20-/m0/s1. The molecule has 1 aromatic heterocycles. The van der Waals surface area contributed by atoms with E-state index in [0.29, 0.717) is 5.76 Å². The summed E-state index contributed by atoms with van der Waals surface area (Å²) in [6.45, 7) is 2.63. The molecule has 0 unspecified atom stereocenters. The fourth-order valence-electron chi connectivity index (χ4n) is 4.34. The molecular formula is C20H25N3O2S. The molecule has 1 aliphatic carbocycles. The molecule has 0 radical (unpaired) electrons. The van der Waals surface area contributed by atoms with Gasteiger partial charge in [-0.15, -0.1) is 0 Å². The highest BCUT2D eigenvalue weighted by molar-refractivity contribution is 7.99. The Balaban J connectivity index is 1.62. The summed E-state index contributed by atoms with van der Waals surface area (Å²) in [6.07, 6.45) is 6.23. The lowest BCUT2D eigenvalue weighted by Gasteiger charge is -2.50. The third kappa shape index (κ3) is 3.16. The van der Waals surface area contributed by atoms with Crippen molar-refractivity contribution in [2.45, 2.75) is 66.8 Å². The fraction of sp³-hybridized carbons (Fsp3) is 0.500. The van der Waals surface area contributed by atoms with Gasteiger partial charge in [-0.1, -0.05) is 48.0 Å². The van der Waals surface area contributed by atoms with Gasteiger partial charge < -0.3 is 15.2 Å². The molecule has 26 heavy (non-hydrogen) atoms. The summed E-state index contributed by atoms with van der Waals surface area (Å²) >= 11 is 1.53. The largest absolute Gasteiger partial charge is 0.349 e. The van der Waals surface area contributed by atoms with E-state index in [1.807, 2.05) is 42.2 Å². The van der Waals surface area contributed by atoms with Crippen LogP contribution in [0, 0.1) is 6.92 Å². The van der Waals surface area contributed by atoms with Crippen molar-refractivity contribution in [2.75, 3.05) is 6.54 Å². The first-order valence-electron chi connectivity index (χ1n) is 9.37. The van der Waals surface area contributed by atoms with Crippen molar-refractivity contribution in [3.05, 3.63) is 41.8 Å². The van der Waals surface area contributed by atoms with Crippen LogP contribution < -0.4 is 5.73 Å². The van der Waals surface area contributed by atoms with E-state index in [1.54, 1.807) is 0 Å². The van der Waals surface area contributed by atoms with Crippen LogP contribution in [0.4, 0.5) is 0 Å². The minimum atomic E-state index is -0.242. The number of piperidine rings is 1. The summed E-state index contributed by atoms with van der Waals surface area (Å²) in [5.41, 5.74) is 7.20. The predicted octanol–water partition coefficient (Wildman–Crippen LogP) is 4.01. The summed E-state index contributed by atoms with van der Waals surface area (Å²) < 4.78 is 5.49. The van der Waals surface area contributed by atoms with Crippen molar-refractivity contribution in [3.63, 3.8) is 0 Å². The van der Waals surface area contributed by atoms with Crippen LogP contribution >= 0.6 is 11.8 Å². The monoisotopic (exact) mass is 371 g/mol. The van der Waals surface area contributed by atoms with E-state index < -0.39 is 0 Å². The second-order valence-electron chi connectivity index (χ2n) is 7.44. The summed E-state index contributed by atoms with van der Waals surface area (Å²) in [5.74, 6) is 0.289. The summed E-state index contributed by atoms with van der Waals surface area (Å²) in [4.78, 5) is 17.2. The minimum absolute atomic E-state index is 0.0644. The number of aryl methyl sites for hydroxylation is 1. The van der Waals surface area contributed by atoms with Crippen molar-refractivity contribution >= 4 is 17.7 Å². The van der Waals surface area contributed by atoms with Crippen molar-refractivity contribution < 1.29 is 9.32 Å². The number of amides is 1. The Morgan fingerprint density at radius 1 is 1.27 bits per heavy atom. The Labute approximate surface area is 158 Å². The van der Waals surface area contributed by atoms with Gasteiger partial charge in [-0.05, 0) is 44.7 Å². The van der Waals surface area contributed by atoms with Crippen LogP contribution in [0.25, 0.3) is 0 Å². The lowest BCUT2D eigenvalue weighted by molar-refractivity contribution is 0.0251. The molecule has 2 heterocycles. The van der Waals surface area contributed by atoms with E-state index in [0.717, 1.165) is 60.6 Å². The van der Waals surface area contributed by atoms with Gasteiger partial charge in [0.05, 0.1) is 16.6 Å². The molecule has 2 aromatic rings. The molecule has 1 aliphatic heterocycles. The molecule has 4 rings (SSSR count). The number of aromatic nitrogens is 1. The highest BCUT2D eigenvalue weighted by Gasteiger charge is 2.46. The minimum Gasteiger partial charge on any atom is -0.349 e. The number of nitrogens with zero attached hydrogens (tertiary/aromatic N) is 2. The van der Waals surface area contributed by atoms with E-state index in [4.69, 9.17) is 10.3 Å². The maximum Gasteiger partial charge on any atom is 0.294 e. The van der Waals surface area contributed by atoms with E-state index in [-0.39, 0.29) is 17.5 Å². The Bertz CT molecular complexity index is 788. The van der Waals surface area contributed by atoms with Crippen molar-refractivity contribution in [2.24, 2.45) is 5.73 Å². The Morgan fingerprint density at radius 2 is 2.04 bits per heavy atom. The van der Waals surface area contributed by atoms with E-state index in [9.17, 15) is 4.79 Å². The van der Waals surface area contributed by atoms with Gasteiger partial charge in [0.25, 0.3) is 5.91 Å². The van der Waals surface area contributed by atoms with Crippen LogP contribution in [0.2, 0.25) is 0 Å². The molecule has 6 heteroatoms. The van der Waals surface area contributed by atoms with Gasteiger partial charge in [-0.2, -0.15) is 0 Å². The number of rotatable bonds is 3. The van der Waals surface area contributed by atoms with Crippen LogP contribution in [0.15, 0.2) is 44.6 Å². The second-order valence-corrected chi connectivity index (χ2v) is 8.52. The zero-order valence-electron chi connectivity index (χ0n) is 15.1. The van der Waals surface area contributed by atoms with Crippen molar-refractivity contribution in [1.29, 1.82) is 0 Å². The van der Waals surface area contributed by atoms with Crippen LogP contribution in [0.5, 0.6) is 0 Å². The van der Waals surface area contributed by atoms with E-state index in [2.05, 4.69) is 5.16 Å². The molecule has 5 nitrogen and oxygen atoms in total. The molecule has 0 spiro atoms. The lowest BCUT2D eigenvalue weighted by Crippen LogP contribution is -2.64. The second kappa shape index (κ2) is 7.08. The van der Waals surface area contributed by atoms with Crippen molar-refractivity contribution in [3.8, 4) is 0 Å². The molecule has 138 valence electrons. The molecule has 2 atom stereocenters. The van der Waals surface area contributed by atoms with Crippen LogP contribution in [0.3, 0.4) is 0 Å². The first kappa shape index (κ1) is 17.6. The molecular weight excluding hydrogens is 346 g/mol. The number of hydrogen-bond acceptors (Lipinski definition) is 5. The third-order valence-electron chi connectivity index (χ3n) is 5.68. The molecule has 2 fully saturated rings. The number of nitrogens with two attached hydrogens (primary N) is 1. The first-order chi connectivity index (χ1) is 12.6. The summed E-state index contributed by atoms with van der Waals surface area (Å²) in [6, 6.07) is 10.1. The summed E-state index contributed by atoms with van der Waals surface area (Å²) in [5, 5.41) is 4.08. The van der Waals surface area contributed by atoms with Gasteiger partial charge in [0.1, 0.15) is 0 Å². The van der Waals surface area contributed by atoms with Crippen molar-refractivity contribution in [1.82, 2.24) is 10.1 Å². The predicted molar refractivity (Wildman–Crippen MR) is 101 cm³/mol. The highest BCUT2D eigenvalue weighted by Crippen LogP contribution is 2.39. The molecule has 2 aliphatic rings. The molecule has 1 amide bonds. The molecule has 1 saturated heterocycles. The number of fused-ring (bicyclic) bond motifs is 1. The Hall–Kier alpha value is -1.79. The average molecular weight is 372 g/mol. The Kier molecular flexibility index (Phi) is 4.80. The molecule has 1 aromatic carbocycles. The molecule has 1 saturated carbocycles. The topological polar surface area (TPSA) is 72.4 Å². The highest BCUT2D eigenvalue weighted by atomic mass is 32.2. The fourth-order valence-corrected chi connectivity index (χ4v) is 5.27. The number of benzene rings is 1. The Morgan fingerprint density at radius 3 is 2.85 bits per heavy atom. The van der Waals surface area contributed by atoms with Crippen LogP contribution in [-0.2, 0) is 0 Å². The summed E-state index contributed by atoms with van der Waals surface area (Å²) in [7, 11) is 0. The van der Waals surface area contributed by atoms with E-state index in [1.165, 1.54) is 11.8 Å². The van der Waals surface area contributed by atoms with Gasteiger partial charge in [0.2, 0.25) is 5.76 Å². The molecule has 2 N–H and O–H groups in total. The smallest absolute Gasteiger partial charge is 0.294 e. The van der Waals surface area contributed by atoms with Gasteiger partial charge in [0.15, 0.2) is 0 Å². The molecule has 0 bridgehead atoms. The van der Waals surface area contributed by atoms with E-state index >= 15 is 0 Å². The maximum atomic E-state index is 13.3. The maximum absolute atomic E-state index is 13.3. The van der Waals surface area contributed by atoms with Gasteiger partial charge >= 0.3 is 0 Å². The SMILES string of the molecule is Cc1noc(C(=O)N2CCC[C@@]3(N)CCCC[C@H]23)c1Sc1ccccc1. The lowest BCUT2D eigenvalue weighted by atomic mass is 9.72. The zero-order chi connectivity index (χ0) is 18.1. The number of carbonyl (C=O) groups excluding carboxylic acids is 1.